The number of anilines is 1. The number of aliphatic hydroxyl groups is 1. The normalized spacial score (nSPS) is 11.1. The van der Waals surface area contributed by atoms with Crippen LogP contribution < -0.4 is 5.32 Å². The van der Waals surface area contributed by atoms with Gasteiger partial charge in [0.1, 0.15) is 0 Å². The van der Waals surface area contributed by atoms with Crippen molar-refractivity contribution in [3.63, 3.8) is 0 Å². The van der Waals surface area contributed by atoms with Crippen LogP contribution in [-0.2, 0) is 11.3 Å². The molecule has 4 aromatic rings. The van der Waals surface area contributed by atoms with E-state index in [2.05, 4.69) is 23.5 Å². The lowest BCUT2D eigenvalue weighted by Gasteiger charge is -2.10. The summed E-state index contributed by atoms with van der Waals surface area (Å²) in [5.74, 6) is 0.560. The van der Waals surface area contributed by atoms with Crippen LogP contribution in [0, 0.1) is 0 Å². The van der Waals surface area contributed by atoms with Crippen molar-refractivity contribution in [3.8, 4) is 21.7 Å². The van der Waals surface area contributed by atoms with Gasteiger partial charge in [-0.15, -0.1) is 11.3 Å². The Morgan fingerprint density at radius 1 is 1.04 bits per heavy atom. The van der Waals surface area contributed by atoms with Crippen LogP contribution in [0.4, 0.5) is 5.95 Å². The maximum absolute atomic E-state index is 9.81. The van der Waals surface area contributed by atoms with Crippen molar-refractivity contribution in [2.45, 2.75) is 6.61 Å². The molecule has 2 N–H and O–H groups in total. The second-order valence-corrected chi connectivity index (χ2v) is 7.37. The summed E-state index contributed by atoms with van der Waals surface area (Å²) in [6.45, 7) is 1.16. The topological polar surface area (TPSA) is 67.3 Å². The largest absolute Gasteiger partial charge is 0.392 e. The highest BCUT2D eigenvalue weighted by Gasteiger charge is 2.16. The van der Waals surface area contributed by atoms with Crippen LogP contribution in [-0.4, -0.2) is 35.3 Å². The number of thiophene rings is 1. The summed E-state index contributed by atoms with van der Waals surface area (Å²) in [7, 11) is 1.67. The highest BCUT2D eigenvalue weighted by atomic mass is 32.1. The highest BCUT2D eigenvalue weighted by molar-refractivity contribution is 7.22. The number of aliphatic hydroxyl groups excluding tert-OH is 1. The summed E-state index contributed by atoms with van der Waals surface area (Å²) in [5, 5.41) is 13.0. The van der Waals surface area contributed by atoms with Crippen molar-refractivity contribution >= 4 is 27.5 Å². The summed E-state index contributed by atoms with van der Waals surface area (Å²) >= 11 is 1.67. The number of benzene rings is 2. The molecular formula is C22H21N3O2S. The minimum atomic E-state index is -0.0367. The molecule has 2 heterocycles. The number of nitrogens with zero attached hydrogens (tertiary/aromatic N) is 2. The van der Waals surface area contributed by atoms with Gasteiger partial charge in [0.05, 0.1) is 29.1 Å². The average Bonchev–Trinajstić information content (AvgIpc) is 3.18. The first-order valence-corrected chi connectivity index (χ1v) is 9.90. The zero-order valence-corrected chi connectivity index (χ0v) is 16.4. The molecule has 0 radical (unpaired) electrons. The zero-order chi connectivity index (χ0) is 19.3. The molecule has 0 aliphatic rings. The Kier molecular flexibility index (Phi) is 5.62. The molecular weight excluding hydrogens is 370 g/mol. The molecule has 0 fully saturated rings. The molecule has 0 aliphatic heterocycles. The van der Waals surface area contributed by atoms with Crippen LogP contribution in [0.5, 0.6) is 0 Å². The first-order valence-electron chi connectivity index (χ1n) is 9.09. The minimum absolute atomic E-state index is 0.0367. The van der Waals surface area contributed by atoms with Crippen LogP contribution >= 0.6 is 11.3 Å². The molecule has 0 bridgehead atoms. The number of ether oxygens (including phenoxy) is 1. The number of methoxy groups -OCH3 is 1. The molecule has 0 saturated heterocycles. The van der Waals surface area contributed by atoms with Crippen LogP contribution in [0.1, 0.15) is 5.56 Å². The summed E-state index contributed by atoms with van der Waals surface area (Å²) in [4.78, 5) is 10.6. The number of aromatic nitrogens is 2. The third kappa shape index (κ3) is 3.75. The number of hydrogen-bond donors (Lipinski definition) is 2. The Bertz CT molecular complexity index is 1080. The van der Waals surface area contributed by atoms with Gasteiger partial charge in [0.25, 0.3) is 0 Å². The van der Waals surface area contributed by atoms with Crippen LogP contribution in [0.3, 0.4) is 0 Å². The van der Waals surface area contributed by atoms with E-state index >= 15 is 0 Å². The first kappa shape index (κ1) is 18.6. The van der Waals surface area contributed by atoms with Gasteiger partial charge in [0.2, 0.25) is 5.95 Å². The van der Waals surface area contributed by atoms with Crippen molar-refractivity contribution in [3.05, 3.63) is 66.2 Å². The molecule has 0 amide bonds. The SMILES string of the molecule is COCCNc1nc(-c2ccccc2CO)c2sc(-c3ccccc3)cc2n1. The minimum Gasteiger partial charge on any atom is -0.392 e. The molecule has 6 heteroatoms. The fraction of sp³-hybridized carbons (Fsp3) is 0.182. The lowest BCUT2D eigenvalue weighted by atomic mass is 10.0. The van der Waals surface area contributed by atoms with Crippen LogP contribution in [0.2, 0.25) is 0 Å². The Hall–Kier alpha value is -2.80. The van der Waals surface area contributed by atoms with Crippen molar-refractivity contribution < 1.29 is 9.84 Å². The molecule has 0 aliphatic carbocycles. The van der Waals surface area contributed by atoms with E-state index in [0.29, 0.717) is 19.1 Å². The molecule has 0 atom stereocenters. The van der Waals surface area contributed by atoms with Crippen molar-refractivity contribution in [2.75, 3.05) is 25.6 Å². The van der Waals surface area contributed by atoms with E-state index in [-0.39, 0.29) is 6.61 Å². The number of rotatable bonds is 7. The summed E-state index contributed by atoms with van der Waals surface area (Å²) in [6, 6.07) is 20.2. The summed E-state index contributed by atoms with van der Waals surface area (Å²) in [5.41, 5.74) is 4.65. The standard InChI is InChI=1S/C22H21N3O2S/c1-27-12-11-23-22-24-18-13-19(15-7-3-2-4-8-15)28-21(18)20(25-22)17-10-6-5-9-16(17)14-26/h2-10,13,26H,11-12,14H2,1H3,(H,23,24,25). The van der Waals surface area contributed by atoms with Gasteiger partial charge in [-0.3, -0.25) is 0 Å². The van der Waals surface area contributed by atoms with Gasteiger partial charge < -0.3 is 15.2 Å². The Balaban J connectivity index is 1.88. The molecule has 142 valence electrons. The van der Waals surface area contributed by atoms with Gasteiger partial charge in [0, 0.05) is 24.1 Å². The summed E-state index contributed by atoms with van der Waals surface area (Å²) < 4.78 is 6.13. The van der Waals surface area contributed by atoms with Crippen LogP contribution in [0.25, 0.3) is 31.9 Å². The third-order valence-corrected chi connectivity index (χ3v) is 5.64. The maximum atomic E-state index is 9.81. The fourth-order valence-electron chi connectivity index (χ4n) is 3.09. The lowest BCUT2D eigenvalue weighted by Crippen LogP contribution is -2.10. The Morgan fingerprint density at radius 2 is 1.82 bits per heavy atom. The Morgan fingerprint density at radius 3 is 2.61 bits per heavy atom. The predicted molar refractivity (Wildman–Crippen MR) is 115 cm³/mol. The molecule has 2 aromatic carbocycles. The van der Waals surface area contributed by atoms with Gasteiger partial charge in [0.15, 0.2) is 0 Å². The second-order valence-electron chi connectivity index (χ2n) is 6.32. The van der Waals surface area contributed by atoms with Crippen molar-refractivity contribution in [1.29, 1.82) is 0 Å². The monoisotopic (exact) mass is 391 g/mol. The predicted octanol–water partition coefficient (Wildman–Crippen LogP) is 4.58. The Labute approximate surface area is 167 Å². The molecule has 0 spiro atoms. The van der Waals surface area contributed by atoms with Crippen LogP contribution in [0.15, 0.2) is 60.7 Å². The zero-order valence-electron chi connectivity index (χ0n) is 15.6. The number of fused-ring (bicyclic) bond motifs is 1. The maximum Gasteiger partial charge on any atom is 0.223 e. The summed E-state index contributed by atoms with van der Waals surface area (Å²) in [6.07, 6.45) is 0. The smallest absolute Gasteiger partial charge is 0.223 e. The van der Waals surface area contributed by atoms with E-state index < -0.39 is 0 Å². The molecule has 0 saturated carbocycles. The van der Waals surface area contributed by atoms with E-state index in [9.17, 15) is 5.11 Å². The van der Waals surface area contributed by atoms with E-state index in [1.807, 2.05) is 42.5 Å². The highest BCUT2D eigenvalue weighted by Crippen LogP contribution is 2.39. The van der Waals surface area contributed by atoms with E-state index in [1.54, 1.807) is 18.4 Å². The number of nitrogens with one attached hydrogen (secondary N) is 1. The quantitative estimate of drug-likeness (QED) is 0.452. The van der Waals surface area contributed by atoms with Gasteiger partial charge >= 0.3 is 0 Å². The molecule has 2 aromatic heterocycles. The molecule has 5 nitrogen and oxygen atoms in total. The molecule has 0 unspecified atom stereocenters. The lowest BCUT2D eigenvalue weighted by molar-refractivity contribution is 0.210. The van der Waals surface area contributed by atoms with Gasteiger partial charge in [-0.05, 0) is 17.2 Å². The number of hydrogen-bond acceptors (Lipinski definition) is 6. The van der Waals surface area contributed by atoms with Crippen molar-refractivity contribution in [2.24, 2.45) is 0 Å². The fourth-order valence-corrected chi connectivity index (χ4v) is 4.20. The van der Waals surface area contributed by atoms with Gasteiger partial charge in [-0.1, -0.05) is 54.6 Å². The van der Waals surface area contributed by atoms with Crippen molar-refractivity contribution in [1.82, 2.24) is 9.97 Å². The molecule has 4 rings (SSSR count). The first-order chi connectivity index (χ1) is 13.8. The van der Waals surface area contributed by atoms with Gasteiger partial charge in [-0.2, -0.15) is 0 Å². The van der Waals surface area contributed by atoms with E-state index in [0.717, 1.165) is 37.5 Å². The van der Waals surface area contributed by atoms with E-state index in [1.165, 1.54) is 0 Å². The second kappa shape index (κ2) is 8.48. The van der Waals surface area contributed by atoms with Gasteiger partial charge in [-0.25, -0.2) is 9.97 Å². The average molecular weight is 391 g/mol. The third-order valence-electron chi connectivity index (χ3n) is 4.46. The van der Waals surface area contributed by atoms with E-state index in [4.69, 9.17) is 14.7 Å². The molecule has 28 heavy (non-hydrogen) atoms.